The van der Waals surface area contributed by atoms with Crippen molar-refractivity contribution in [3.05, 3.63) is 53.4 Å². The number of benzene rings is 1. The fourth-order valence-electron chi connectivity index (χ4n) is 1.99. The molecule has 0 aliphatic heterocycles. The Morgan fingerprint density at radius 3 is 2.19 bits per heavy atom. The highest BCUT2D eigenvalue weighted by atomic mass is 19.4. The van der Waals surface area contributed by atoms with Crippen molar-refractivity contribution in [3.63, 3.8) is 0 Å². The summed E-state index contributed by atoms with van der Waals surface area (Å²) in [5, 5.41) is 3.74. The molecule has 1 heterocycles. The molecule has 0 radical (unpaired) electrons. The summed E-state index contributed by atoms with van der Waals surface area (Å²) >= 11 is 0. The monoisotopic (exact) mass is 378 g/mol. The number of carbonyl (C=O) groups excluding carboxylic acids is 1. The number of alkyl halides is 6. The van der Waals surface area contributed by atoms with Gasteiger partial charge in [-0.25, -0.2) is 9.48 Å². The molecule has 1 aromatic heterocycles. The summed E-state index contributed by atoms with van der Waals surface area (Å²) in [4.78, 5) is 11.2. The summed E-state index contributed by atoms with van der Waals surface area (Å²) in [6, 6.07) is 1.15. The topological polar surface area (TPSA) is 44.1 Å². The smallest absolute Gasteiger partial charge is 0.416 e. The molecule has 2 aromatic rings. The third-order valence-electron chi connectivity index (χ3n) is 3.14. The lowest BCUT2D eigenvalue weighted by Crippen LogP contribution is -2.12. The average Bonchev–Trinajstić information content (AvgIpc) is 3.00. The highest BCUT2D eigenvalue weighted by molar-refractivity contribution is 5.86. The first-order valence-corrected chi connectivity index (χ1v) is 7.20. The highest BCUT2D eigenvalue weighted by Gasteiger charge is 2.37. The first-order valence-electron chi connectivity index (χ1n) is 7.20. The Morgan fingerprint density at radius 1 is 1.12 bits per heavy atom. The van der Waals surface area contributed by atoms with Crippen LogP contribution in [0.3, 0.4) is 0 Å². The van der Waals surface area contributed by atoms with Gasteiger partial charge in [-0.2, -0.15) is 31.4 Å². The molecule has 0 saturated carbocycles. The number of hydrogen-bond acceptors (Lipinski definition) is 3. The molecule has 0 spiro atoms. The zero-order valence-corrected chi connectivity index (χ0v) is 13.2. The van der Waals surface area contributed by atoms with Crippen molar-refractivity contribution < 1.29 is 35.9 Å². The van der Waals surface area contributed by atoms with Crippen LogP contribution in [0.15, 0.2) is 36.7 Å². The molecule has 4 nitrogen and oxygen atoms in total. The SMILES string of the molecule is CCOC(=O)/C=C\c1cnn(-c2cc(C(F)(F)F)cc(C(F)(F)F)c2)c1. The molecule has 10 heteroatoms. The van der Waals surface area contributed by atoms with Crippen molar-refractivity contribution in [1.82, 2.24) is 9.78 Å². The van der Waals surface area contributed by atoms with Gasteiger partial charge in [-0.15, -0.1) is 0 Å². The van der Waals surface area contributed by atoms with Crippen molar-refractivity contribution >= 4 is 12.0 Å². The number of aromatic nitrogens is 2. The fraction of sp³-hybridized carbons (Fsp3) is 0.250. The molecule has 140 valence electrons. The van der Waals surface area contributed by atoms with Crippen molar-refractivity contribution in [2.75, 3.05) is 6.61 Å². The molecule has 0 bridgehead atoms. The van der Waals surface area contributed by atoms with Crippen LogP contribution >= 0.6 is 0 Å². The van der Waals surface area contributed by atoms with Crippen LogP contribution in [-0.4, -0.2) is 22.4 Å². The van der Waals surface area contributed by atoms with Crippen molar-refractivity contribution in [2.24, 2.45) is 0 Å². The normalized spacial score (nSPS) is 12.6. The van der Waals surface area contributed by atoms with Crippen LogP contribution in [0.2, 0.25) is 0 Å². The van der Waals surface area contributed by atoms with E-state index in [9.17, 15) is 31.1 Å². The number of hydrogen-bond donors (Lipinski definition) is 0. The standard InChI is InChI=1S/C16H12F6N2O2/c1-2-26-14(25)4-3-10-8-23-24(9-10)13-6-11(15(17,18)19)5-12(7-13)16(20,21)22/h3-9H,2H2,1H3/b4-3-. The maximum atomic E-state index is 12.9. The van der Waals surface area contributed by atoms with E-state index in [1.807, 2.05) is 0 Å². The molecule has 0 aliphatic carbocycles. The van der Waals surface area contributed by atoms with Crippen molar-refractivity contribution in [2.45, 2.75) is 19.3 Å². The molecule has 0 saturated heterocycles. The quantitative estimate of drug-likeness (QED) is 0.448. The molecule has 0 amide bonds. The van der Waals surface area contributed by atoms with Gasteiger partial charge in [0.15, 0.2) is 0 Å². The fourth-order valence-corrected chi connectivity index (χ4v) is 1.99. The van der Waals surface area contributed by atoms with Gasteiger partial charge in [-0.05, 0) is 31.2 Å². The Kier molecular flexibility index (Phi) is 5.43. The van der Waals surface area contributed by atoms with Crippen LogP contribution in [0.5, 0.6) is 0 Å². The van der Waals surface area contributed by atoms with E-state index in [1.165, 1.54) is 18.5 Å². The largest absolute Gasteiger partial charge is 0.463 e. The average molecular weight is 378 g/mol. The Hall–Kier alpha value is -2.78. The van der Waals surface area contributed by atoms with Gasteiger partial charge < -0.3 is 4.74 Å². The summed E-state index contributed by atoms with van der Waals surface area (Å²) in [7, 11) is 0. The molecule has 26 heavy (non-hydrogen) atoms. The summed E-state index contributed by atoms with van der Waals surface area (Å²) in [6.07, 6.45) is -5.18. The highest BCUT2D eigenvalue weighted by Crippen LogP contribution is 2.37. The Balaban J connectivity index is 2.41. The van der Waals surface area contributed by atoms with E-state index >= 15 is 0 Å². The number of halogens is 6. The minimum absolute atomic E-state index is 0.0363. The van der Waals surface area contributed by atoms with Crippen LogP contribution < -0.4 is 0 Å². The third-order valence-corrected chi connectivity index (χ3v) is 3.14. The van der Waals surface area contributed by atoms with E-state index in [-0.39, 0.29) is 12.7 Å². The van der Waals surface area contributed by atoms with Gasteiger partial charge in [0.05, 0.1) is 29.6 Å². The van der Waals surface area contributed by atoms with E-state index in [4.69, 9.17) is 0 Å². The number of nitrogens with zero attached hydrogens (tertiary/aromatic N) is 2. The van der Waals surface area contributed by atoms with E-state index in [1.54, 1.807) is 6.92 Å². The van der Waals surface area contributed by atoms with Crippen LogP contribution in [-0.2, 0) is 21.9 Å². The number of ether oxygens (including phenoxy) is 1. The Morgan fingerprint density at radius 2 is 1.69 bits per heavy atom. The number of esters is 1. The van der Waals surface area contributed by atoms with E-state index < -0.39 is 35.1 Å². The molecule has 0 atom stereocenters. The lowest BCUT2D eigenvalue weighted by atomic mass is 10.1. The van der Waals surface area contributed by atoms with Gasteiger partial charge in [-0.1, -0.05) is 0 Å². The van der Waals surface area contributed by atoms with Crippen molar-refractivity contribution in [3.8, 4) is 5.69 Å². The molecule has 1 aromatic carbocycles. The van der Waals surface area contributed by atoms with E-state index in [0.29, 0.717) is 17.7 Å². The van der Waals surface area contributed by atoms with Gasteiger partial charge in [-0.3, -0.25) is 0 Å². The second kappa shape index (κ2) is 7.22. The molecule has 2 rings (SSSR count). The second-order valence-corrected chi connectivity index (χ2v) is 5.07. The maximum absolute atomic E-state index is 12.9. The minimum Gasteiger partial charge on any atom is -0.463 e. The minimum atomic E-state index is -4.95. The molecular formula is C16H12F6N2O2. The summed E-state index contributed by atoms with van der Waals surface area (Å²) in [6.45, 7) is 1.77. The molecular weight excluding hydrogens is 366 g/mol. The molecule has 0 unspecified atom stereocenters. The Bertz CT molecular complexity index is 789. The van der Waals surface area contributed by atoms with Gasteiger partial charge >= 0.3 is 18.3 Å². The van der Waals surface area contributed by atoms with Gasteiger partial charge in [0.25, 0.3) is 0 Å². The van der Waals surface area contributed by atoms with Gasteiger partial charge in [0, 0.05) is 17.8 Å². The van der Waals surface area contributed by atoms with Crippen LogP contribution in [0.1, 0.15) is 23.6 Å². The van der Waals surface area contributed by atoms with E-state index in [2.05, 4.69) is 9.84 Å². The Labute approximate surface area is 143 Å². The maximum Gasteiger partial charge on any atom is 0.416 e. The second-order valence-electron chi connectivity index (χ2n) is 5.07. The van der Waals surface area contributed by atoms with E-state index in [0.717, 1.165) is 10.8 Å². The lowest BCUT2D eigenvalue weighted by Gasteiger charge is -2.14. The molecule has 0 aliphatic rings. The number of carbonyl (C=O) groups is 1. The van der Waals surface area contributed by atoms with Gasteiger partial charge in [0.2, 0.25) is 0 Å². The molecule has 0 N–H and O–H groups in total. The van der Waals surface area contributed by atoms with Crippen LogP contribution in [0.4, 0.5) is 26.3 Å². The first-order chi connectivity index (χ1) is 12.0. The van der Waals surface area contributed by atoms with Crippen molar-refractivity contribution in [1.29, 1.82) is 0 Å². The summed E-state index contributed by atoms with van der Waals surface area (Å²) < 4.78 is 82.8. The van der Waals surface area contributed by atoms with Crippen LogP contribution in [0, 0.1) is 0 Å². The predicted molar refractivity (Wildman–Crippen MR) is 79.2 cm³/mol. The summed E-state index contributed by atoms with van der Waals surface area (Å²) in [5.74, 6) is -0.640. The first kappa shape index (κ1) is 19.5. The zero-order chi connectivity index (χ0) is 19.5. The number of rotatable bonds is 4. The third kappa shape index (κ3) is 4.87. The zero-order valence-electron chi connectivity index (χ0n) is 13.2. The van der Waals surface area contributed by atoms with Gasteiger partial charge in [0.1, 0.15) is 0 Å². The summed E-state index contributed by atoms with van der Waals surface area (Å²) in [5.41, 5.74) is -3.00. The lowest BCUT2D eigenvalue weighted by molar-refractivity contribution is -0.143. The van der Waals surface area contributed by atoms with Crippen LogP contribution in [0.25, 0.3) is 11.8 Å². The predicted octanol–water partition coefficient (Wildman–Crippen LogP) is 4.49. The molecule has 0 fully saturated rings.